The van der Waals surface area contributed by atoms with Crippen LogP contribution >= 0.6 is 0 Å². The summed E-state index contributed by atoms with van der Waals surface area (Å²) in [5.74, 6) is 0.917. The van der Waals surface area contributed by atoms with E-state index in [-0.39, 0.29) is 30.0 Å². The Morgan fingerprint density at radius 1 is 1.26 bits per heavy atom. The summed E-state index contributed by atoms with van der Waals surface area (Å²) in [5.41, 5.74) is -1.43. The van der Waals surface area contributed by atoms with Crippen LogP contribution in [0, 0.1) is 18.3 Å². The van der Waals surface area contributed by atoms with Gasteiger partial charge in [-0.05, 0) is 43.7 Å². The van der Waals surface area contributed by atoms with E-state index in [1.165, 1.54) is 9.87 Å². The summed E-state index contributed by atoms with van der Waals surface area (Å²) < 4.78 is 56.6. The minimum Gasteiger partial charge on any atom is -0.497 e. The molecule has 1 saturated heterocycles. The van der Waals surface area contributed by atoms with Crippen molar-refractivity contribution in [3.05, 3.63) is 59.2 Å². The van der Waals surface area contributed by atoms with E-state index in [9.17, 15) is 22.5 Å². The molecular weight excluding hydrogens is 433 g/mol. The number of ether oxygens (including phenoxy) is 1. The molecule has 0 amide bonds. The number of nitrogens with zero attached hydrogens (tertiary/aromatic N) is 2. The predicted octanol–water partition coefficient (Wildman–Crippen LogP) is 3.03. The highest BCUT2D eigenvalue weighted by atomic mass is 32.2. The molecule has 0 aliphatic carbocycles. The number of aliphatic hydroxyl groups excluding tert-OH is 1. The maximum absolute atomic E-state index is 12.6. The minimum atomic E-state index is -4.59. The van der Waals surface area contributed by atoms with Crippen LogP contribution in [0.1, 0.15) is 23.1 Å². The quantitative estimate of drug-likeness (QED) is 0.738. The normalized spacial score (nSPS) is 19.8. The molecule has 1 fully saturated rings. The lowest BCUT2D eigenvalue weighted by molar-refractivity contribution is -0.137. The Labute approximate surface area is 181 Å². The van der Waals surface area contributed by atoms with Crippen molar-refractivity contribution in [1.29, 1.82) is 5.26 Å². The van der Waals surface area contributed by atoms with Crippen molar-refractivity contribution in [1.82, 2.24) is 4.31 Å². The third kappa shape index (κ3) is 6.51. The highest BCUT2D eigenvalue weighted by Gasteiger charge is 2.39. The standard InChI is InChI=1S/C13H13F3N2O3S.C8H10O/c14-13(15,16)10-1-2-11(9(5-10)6-17)22(21)18-4-3-12(20,7-18)8-19;1-7-3-5-8(9-2)6-4-7/h1-2,5,19-20H,3-4,7-8H2;3-6H,1-2H3. The van der Waals surface area contributed by atoms with Gasteiger partial charge in [-0.25, -0.2) is 8.51 Å². The second kappa shape index (κ2) is 10.2. The van der Waals surface area contributed by atoms with Crippen LogP contribution < -0.4 is 4.74 Å². The fourth-order valence-electron chi connectivity index (χ4n) is 2.85. The zero-order chi connectivity index (χ0) is 23.2. The van der Waals surface area contributed by atoms with Crippen molar-refractivity contribution in [3.63, 3.8) is 0 Å². The number of β-amino-alcohol motifs (C(OH)–C–C–N with tert-alkyl or cyclic N) is 1. The SMILES string of the molecule is COc1ccc(C)cc1.N#Cc1cc(C(F)(F)F)ccc1S(=O)N1CCC(O)(CO)C1. The Bertz CT molecular complexity index is 961. The summed E-state index contributed by atoms with van der Waals surface area (Å²) in [5, 5.41) is 28.0. The predicted molar refractivity (Wildman–Crippen MR) is 109 cm³/mol. The number of rotatable bonds is 4. The van der Waals surface area contributed by atoms with Crippen LogP contribution in [0.3, 0.4) is 0 Å². The molecule has 2 atom stereocenters. The lowest BCUT2D eigenvalue weighted by atomic mass is 10.1. The minimum absolute atomic E-state index is 0.0438. The third-order valence-electron chi connectivity index (χ3n) is 4.70. The number of benzene rings is 2. The molecule has 0 radical (unpaired) electrons. The van der Waals surface area contributed by atoms with Crippen molar-refractivity contribution in [2.45, 2.75) is 30.0 Å². The summed E-state index contributed by atoms with van der Waals surface area (Å²) in [6, 6.07) is 12.0. The summed E-state index contributed by atoms with van der Waals surface area (Å²) in [6.45, 7) is 1.68. The molecule has 2 N–H and O–H groups in total. The van der Waals surface area contributed by atoms with Crippen LogP contribution in [0.25, 0.3) is 0 Å². The maximum atomic E-state index is 12.6. The van der Waals surface area contributed by atoms with Crippen LogP contribution in [-0.2, 0) is 17.2 Å². The number of hydrogen-bond donors (Lipinski definition) is 2. The Morgan fingerprint density at radius 3 is 2.39 bits per heavy atom. The van der Waals surface area contributed by atoms with Crippen molar-refractivity contribution < 1.29 is 32.3 Å². The van der Waals surface area contributed by atoms with Crippen molar-refractivity contribution in [2.75, 3.05) is 26.8 Å². The average Bonchev–Trinajstić information content (AvgIpc) is 3.16. The molecule has 1 aliphatic heterocycles. The van der Waals surface area contributed by atoms with Crippen molar-refractivity contribution in [3.8, 4) is 11.8 Å². The molecule has 3 rings (SSSR count). The molecule has 168 valence electrons. The number of halogens is 3. The van der Waals surface area contributed by atoms with E-state index in [0.29, 0.717) is 6.07 Å². The average molecular weight is 456 g/mol. The Balaban J connectivity index is 0.000000316. The van der Waals surface area contributed by atoms with Gasteiger partial charge < -0.3 is 14.9 Å². The molecule has 0 aromatic heterocycles. The molecule has 1 heterocycles. The van der Waals surface area contributed by atoms with Crippen LogP contribution in [0.2, 0.25) is 0 Å². The molecule has 0 saturated carbocycles. The molecule has 6 nitrogen and oxygen atoms in total. The molecule has 31 heavy (non-hydrogen) atoms. The lowest BCUT2D eigenvalue weighted by Gasteiger charge is -2.20. The first-order valence-electron chi connectivity index (χ1n) is 9.25. The molecule has 2 aromatic rings. The Morgan fingerprint density at radius 2 is 1.90 bits per heavy atom. The van der Waals surface area contributed by atoms with Gasteiger partial charge in [0.1, 0.15) is 28.4 Å². The second-order valence-electron chi connectivity index (χ2n) is 7.08. The molecule has 0 bridgehead atoms. The number of aryl methyl sites for hydroxylation is 1. The van der Waals surface area contributed by atoms with Crippen LogP contribution in [0.5, 0.6) is 5.75 Å². The van der Waals surface area contributed by atoms with E-state index < -0.39 is 34.9 Å². The largest absolute Gasteiger partial charge is 0.497 e. The van der Waals surface area contributed by atoms with Crippen molar-refractivity contribution in [2.24, 2.45) is 0 Å². The molecule has 10 heteroatoms. The van der Waals surface area contributed by atoms with E-state index in [0.717, 1.165) is 17.9 Å². The molecule has 2 aromatic carbocycles. The third-order valence-corrected chi connectivity index (χ3v) is 6.21. The summed E-state index contributed by atoms with van der Waals surface area (Å²) in [6.07, 6.45) is -4.39. The Hall–Kier alpha value is -2.45. The number of aliphatic hydroxyl groups is 2. The highest BCUT2D eigenvalue weighted by molar-refractivity contribution is 7.82. The summed E-state index contributed by atoms with van der Waals surface area (Å²) in [7, 11) is -0.210. The van der Waals surface area contributed by atoms with Crippen LogP contribution in [0.4, 0.5) is 13.2 Å². The molecular formula is C21H23F3N2O4S. The highest BCUT2D eigenvalue weighted by Crippen LogP contribution is 2.32. The van der Waals surface area contributed by atoms with E-state index in [1.54, 1.807) is 13.2 Å². The molecule has 0 spiro atoms. The van der Waals surface area contributed by atoms with E-state index >= 15 is 0 Å². The van der Waals surface area contributed by atoms with E-state index in [1.807, 2.05) is 24.3 Å². The number of methoxy groups -OCH3 is 1. The molecule has 1 aliphatic rings. The monoisotopic (exact) mass is 456 g/mol. The smallest absolute Gasteiger partial charge is 0.416 e. The van der Waals surface area contributed by atoms with Gasteiger partial charge in [-0.15, -0.1) is 0 Å². The van der Waals surface area contributed by atoms with Crippen LogP contribution in [-0.4, -0.2) is 51.1 Å². The fourth-order valence-corrected chi connectivity index (χ4v) is 4.22. The van der Waals surface area contributed by atoms with Gasteiger partial charge in [-0.1, -0.05) is 17.7 Å². The lowest BCUT2D eigenvalue weighted by Crippen LogP contribution is -2.37. The first-order chi connectivity index (χ1) is 14.5. The summed E-state index contributed by atoms with van der Waals surface area (Å²) in [4.78, 5) is -0.0438. The van der Waals surface area contributed by atoms with Gasteiger partial charge in [0.05, 0.1) is 29.7 Å². The van der Waals surface area contributed by atoms with Gasteiger partial charge in [-0.3, -0.25) is 0 Å². The zero-order valence-electron chi connectivity index (χ0n) is 17.0. The van der Waals surface area contributed by atoms with Crippen LogP contribution in [0.15, 0.2) is 47.4 Å². The van der Waals surface area contributed by atoms with Gasteiger partial charge in [0, 0.05) is 13.1 Å². The van der Waals surface area contributed by atoms with Gasteiger partial charge in [0.15, 0.2) is 0 Å². The number of alkyl halides is 3. The number of nitriles is 1. The first kappa shape index (κ1) is 24.8. The van der Waals surface area contributed by atoms with Gasteiger partial charge in [0.2, 0.25) is 0 Å². The van der Waals surface area contributed by atoms with Gasteiger partial charge in [-0.2, -0.15) is 18.4 Å². The topological polar surface area (TPSA) is 93.8 Å². The fraction of sp³-hybridized carbons (Fsp3) is 0.381. The van der Waals surface area contributed by atoms with E-state index in [4.69, 9.17) is 15.1 Å². The Kier molecular flexibility index (Phi) is 8.20. The van der Waals surface area contributed by atoms with Gasteiger partial charge >= 0.3 is 6.18 Å². The zero-order valence-corrected chi connectivity index (χ0v) is 17.8. The summed E-state index contributed by atoms with van der Waals surface area (Å²) >= 11 is 0. The molecule has 2 unspecified atom stereocenters. The van der Waals surface area contributed by atoms with Gasteiger partial charge in [0.25, 0.3) is 0 Å². The van der Waals surface area contributed by atoms with Crippen molar-refractivity contribution >= 4 is 11.0 Å². The number of hydrogen-bond acceptors (Lipinski definition) is 5. The van der Waals surface area contributed by atoms with E-state index in [2.05, 4.69) is 6.92 Å². The second-order valence-corrected chi connectivity index (χ2v) is 8.54. The first-order valence-corrected chi connectivity index (χ1v) is 10.4. The maximum Gasteiger partial charge on any atom is 0.416 e.